The molecule has 108 valence electrons. The Morgan fingerprint density at radius 3 is 2.70 bits per heavy atom. The molecule has 0 saturated carbocycles. The smallest absolute Gasteiger partial charge is 0.242 e. The Balaban J connectivity index is 1.87. The number of rotatable bonds is 5. The molecule has 0 spiro atoms. The summed E-state index contributed by atoms with van der Waals surface area (Å²) < 4.78 is 0. The number of benzene rings is 1. The minimum Gasteiger partial charge on any atom is -0.356 e. The molecule has 1 unspecified atom stereocenters. The highest BCUT2D eigenvalue weighted by Gasteiger charge is 2.22. The molecule has 2 rings (SSSR count). The highest BCUT2D eigenvalue weighted by molar-refractivity contribution is 7.99. The van der Waals surface area contributed by atoms with Crippen molar-refractivity contribution in [3.8, 4) is 0 Å². The maximum atomic E-state index is 11.9. The summed E-state index contributed by atoms with van der Waals surface area (Å²) in [7, 11) is 0. The first-order valence-corrected chi connectivity index (χ1v) is 7.82. The van der Waals surface area contributed by atoms with Crippen LogP contribution < -0.4 is 16.0 Å². The molecule has 1 saturated heterocycles. The third-order valence-corrected chi connectivity index (χ3v) is 3.93. The van der Waals surface area contributed by atoms with E-state index in [4.69, 9.17) is 0 Å². The van der Waals surface area contributed by atoms with E-state index >= 15 is 0 Å². The maximum Gasteiger partial charge on any atom is 0.242 e. The molecule has 20 heavy (non-hydrogen) atoms. The largest absolute Gasteiger partial charge is 0.356 e. The van der Waals surface area contributed by atoms with Crippen LogP contribution in [0.4, 0.5) is 5.69 Å². The standard InChI is InChI=1S/C14H19N3O2S/c1-2-15-13(18)7-10-3-5-11(6-4-10)17-14(19)12-8-20-9-16-12/h3-6,12,16H,2,7-9H2,1H3,(H,15,18)(H,17,19). The van der Waals surface area contributed by atoms with Crippen LogP contribution in [0.15, 0.2) is 24.3 Å². The van der Waals surface area contributed by atoms with E-state index in [-0.39, 0.29) is 17.9 Å². The minimum atomic E-state index is -0.116. The number of amides is 2. The van der Waals surface area contributed by atoms with Crippen molar-refractivity contribution in [2.45, 2.75) is 19.4 Å². The molecular weight excluding hydrogens is 274 g/mol. The van der Waals surface area contributed by atoms with Crippen molar-refractivity contribution in [3.05, 3.63) is 29.8 Å². The van der Waals surface area contributed by atoms with Crippen molar-refractivity contribution in [1.82, 2.24) is 10.6 Å². The predicted octanol–water partition coefficient (Wildman–Crippen LogP) is 0.966. The number of carbonyl (C=O) groups excluding carboxylic acids is 2. The molecule has 1 aliphatic heterocycles. The number of nitrogens with one attached hydrogen (secondary N) is 3. The van der Waals surface area contributed by atoms with Gasteiger partial charge in [-0.15, -0.1) is 11.8 Å². The van der Waals surface area contributed by atoms with Crippen LogP contribution in [0.3, 0.4) is 0 Å². The van der Waals surface area contributed by atoms with Crippen molar-refractivity contribution in [2.24, 2.45) is 0 Å². The Hall–Kier alpha value is -1.53. The van der Waals surface area contributed by atoms with Crippen LogP contribution in [0.5, 0.6) is 0 Å². The molecule has 1 atom stereocenters. The topological polar surface area (TPSA) is 70.2 Å². The summed E-state index contributed by atoms with van der Waals surface area (Å²) >= 11 is 1.72. The van der Waals surface area contributed by atoms with Gasteiger partial charge in [-0.05, 0) is 24.6 Å². The van der Waals surface area contributed by atoms with Gasteiger partial charge >= 0.3 is 0 Å². The van der Waals surface area contributed by atoms with Crippen LogP contribution in [0, 0.1) is 0 Å². The van der Waals surface area contributed by atoms with Crippen LogP contribution in [0.25, 0.3) is 0 Å². The van der Waals surface area contributed by atoms with E-state index in [2.05, 4.69) is 16.0 Å². The van der Waals surface area contributed by atoms with Crippen LogP contribution in [-0.4, -0.2) is 36.0 Å². The highest BCUT2D eigenvalue weighted by atomic mass is 32.2. The predicted molar refractivity (Wildman–Crippen MR) is 81.7 cm³/mol. The second-order valence-electron chi connectivity index (χ2n) is 4.59. The summed E-state index contributed by atoms with van der Waals surface area (Å²) in [5.74, 6) is 1.63. The van der Waals surface area contributed by atoms with Crippen LogP contribution in [0.1, 0.15) is 12.5 Å². The van der Waals surface area contributed by atoms with E-state index in [9.17, 15) is 9.59 Å². The third-order valence-electron chi connectivity index (χ3n) is 2.99. The molecule has 2 amide bonds. The van der Waals surface area contributed by atoms with Gasteiger partial charge in [0, 0.05) is 23.9 Å². The van der Waals surface area contributed by atoms with Gasteiger partial charge in [-0.2, -0.15) is 0 Å². The summed E-state index contributed by atoms with van der Waals surface area (Å²) in [5, 5.41) is 8.76. The minimum absolute atomic E-state index is 0.00789. The number of carbonyl (C=O) groups is 2. The number of anilines is 1. The van der Waals surface area contributed by atoms with Gasteiger partial charge in [0.1, 0.15) is 0 Å². The zero-order chi connectivity index (χ0) is 14.4. The van der Waals surface area contributed by atoms with E-state index in [0.29, 0.717) is 13.0 Å². The average molecular weight is 293 g/mol. The molecule has 0 radical (unpaired) electrons. The van der Waals surface area contributed by atoms with Gasteiger partial charge in [-0.25, -0.2) is 0 Å². The molecule has 0 aromatic heterocycles. The third kappa shape index (κ3) is 4.25. The molecule has 0 bridgehead atoms. The zero-order valence-electron chi connectivity index (χ0n) is 11.4. The molecule has 1 fully saturated rings. The number of hydrogen-bond acceptors (Lipinski definition) is 4. The Bertz CT molecular complexity index is 470. The Labute approximate surface area is 122 Å². The van der Waals surface area contributed by atoms with E-state index in [0.717, 1.165) is 22.9 Å². The van der Waals surface area contributed by atoms with E-state index < -0.39 is 0 Å². The fraction of sp³-hybridized carbons (Fsp3) is 0.429. The number of thioether (sulfide) groups is 1. The Kier molecular flexibility index (Phi) is 5.43. The lowest BCUT2D eigenvalue weighted by molar-refractivity contribution is -0.120. The summed E-state index contributed by atoms with van der Waals surface area (Å²) in [6, 6.07) is 7.27. The van der Waals surface area contributed by atoms with Gasteiger partial charge in [0.2, 0.25) is 11.8 Å². The van der Waals surface area contributed by atoms with E-state index in [1.165, 1.54) is 0 Å². The second-order valence-corrected chi connectivity index (χ2v) is 5.62. The number of hydrogen-bond donors (Lipinski definition) is 3. The van der Waals surface area contributed by atoms with Crippen molar-refractivity contribution in [3.63, 3.8) is 0 Å². The first kappa shape index (κ1) is 14.9. The van der Waals surface area contributed by atoms with Crippen LogP contribution in [-0.2, 0) is 16.0 Å². The summed E-state index contributed by atoms with van der Waals surface area (Å²) in [5.41, 5.74) is 1.69. The first-order chi connectivity index (χ1) is 9.69. The van der Waals surface area contributed by atoms with Crippen LogP contribution in [0.2, 0.25) is 0 Å². The Morgan fingerprint density at radius 2 is 2.10 bits per heavy atom. The SMILES string of the molecule is CCNC(=O)Cc1ccc(NC(=O)C2CSCN2)cc1. The fourth-order valence-corrected chi connectivity index (χ4v) is 2.89. The van der Waals surface area contributed by atoms with Gasteiger partial charge in [0.25, 0.3) is 0 Å². The van der Waals surface area contributed by atoms with Crippen molar-refractivity contribution in [2.75, 3.05) is 23.5 Å². The van der Waals surface area contributed by atoms with Gasteiger partial charge in [0.15, 0.2) is 0 Å². The first-order valence-electron chi connectivity index (χ1n) is 6.66. The monoisotopic (exact) mass is 293 g/mol. The fourth-order valence-electron chi connectivity index (χ4n) is 1.94. The molecule has 1 aromatic rings. The molecule has 5 nitrogen and oxygen atoms in total. The lowest BCUT2D eigenvalue weighted by Crippen LogP contribution is -2.37. The van der Waals surface area contributed by atoms with Crippen molar-refractivity contribution < 1.29 is 9.59 Å². The zero-order valence-corrected chi connectivity index (χ0v) is 12.3. The van der Waals surface area contributed by atoms with Crippen molar-refractivity contribution in [1.29, 1.82) is 0 Å². The lowest BCUT2D eigenvalue weighted by Gasteiger charge is -2.11. The molecule has 3 N–H and O–H groups in total. The lowest BCUT2D eigenvalue weighted by atomic mass is 10.1. The summed E-state index contributed by atoms with van der Waals surface area (Å²) in [6.45, 7) is 2.53. The van der Waals surface area contributed by atoms with E-state index in [1.807, 2.05) is 31.2 Å². The van der Waals surface area contributed by atoms with Crippen LogP contribution >= 0.6 is 11.8 Å². The average Bonchev–Trinajstić information content (AvgIpc) is 2.95. The van der Waals surface area contributed by atoms with Gasteiger partial charge in [0.05, 0.1) is 12.5 Å². The molecule has 1 aliphatic rings. The summed E-state index contributed by atoms with van der Waals surface area (Å²) in [6.07, 6.45) is 0.364. The highest BCUT2D eigenvalue weighted by Crippen LogP contribution is 2.14. The Morgan fingerprint density at radius 1 is 1.35 bits per heavy atom. The maximum absolute atomic E-state index is 11.9. The van der Waals surface area contributed by atoms with Gasteiger partial charge in [-0.3, -0.25) is 14.9 Å². The molecule has 0 aliphatic carbocycles. The summed E-state index contributed by atoms with van der Waals surface area (Å²) in [4.78, 5) is 23.4. The molecular formula is C14H19N3O2S. The molecule has 1 aromatic carbocycles. The van der Waals surface area contributed by atoms with Gasteiger partial charge in [-0.1, -0.05) is 12.1 Å². The van der Waals surface area contributed by atoms with Crippen molar-refractivity contribution >= 4 is 29.3 Å². The number of likely N-dealkylation sites (N-methyl/N-ethyl adjacent to an activating group) is 1. The molecule has 1 heterocycles. The second kappa shape index (κ2) is 7.31. The van der Waals surface area contributed by atoms with E-state index in [1.54, 1.807) is 11.8 Å². The molecule has 6 heteroatoms. The quantitative estimate of drug-likeness (QED) is 0.756. The van der Waals surface area contributed by atoms with Gasteiger partial charge < -0.3 is 10.6 Å². The normalized spacial score (nSPS) is 17.8.